The van der Waals surface area contributed by atoms with Crippen LogP contribution in [0.3, 0.4) is 0 Å². The van der Waals surface area contributed by atoms with E-state index in [0.717, 1.165) is 21.7 Å². The first-order valence-corrected chi connectivity index (χ1v) is 6.77. The minimum atomic E-state index is -1.05. The number of anilines is 1. The Labute approximate surface area is 115 Å². The predicted octanol–water partition coefficient (Wildman–Crippen LogP) is 3.47. The lowest BCUT2D eigenvalue weighted by atomic mass is 10.2. The van der Waals surface area contributed by atoms with E-state index in [0.29, 0.717) is 11.5 Å². The van der Waals surface area contributed by atoms with Gasteiger partial charge in [-0.05, 0) is 37.6 Å². The zero-order valence-electron chi connectivity index (χ0n) is 10.8. The number of nitrogen functional groups attached to an aromatic ring is 1. The van der Waals surface area contributed by atoms with Crippen molar-refractivity contribution in [2.24, 2.45) is 0 Å². The highest BCUT2D eigenvalue weighted by atomic mass is 32.2. The van der Waals surface area contributed by atoms with Gasteiger partial charge in [0.25, 0.3) is 0 Å². The molecule has 2 rings (SSSR count). The highest BCUT2D eigenvalue weighted by Crippen LogP contribution is 2.30. The molecule has 0 atom stereocenters. The molecule has 0 aliphatic rings. The van der Waals surface area contributed by atoms with E-state index < -0.39 is 5.97 Å². The van der Waals surface area contributed by atoms with Crippen molar-refractivity contribution in [2.45, 2.75) is 24.5 Å². The average Bonchev–Trinajstić information content (AvgIpc) is 2.72. The molecule has 0 bridgehead atoms. The van der Waals surface area contributed by atoms with Gasteiger partial charge in [-0.15, -0.1) is 11.8 Å². The second kappa shape index (κ2) is 5.40. The van der Waals surface area contributed by atoms with Gasteiger partial charge in [0.2, 0.25) is 5.76 Å². The molecule has 0 fully saturated rings. The zero-order valence-corrected chi connectivity index (χ0v) is 11.6. The number of carboxylic acid groups (broad SMARTS) is 1. The van der Waals surface area contributed by atoms with Gasteiger partial charge in [-0.1, -0.05) is 6.07 Å². The van der Waals surface area contributed by atoms with Crippen LogP contribution in [0.4, 0.5) is 5.69 Å². The Hall–Kier alpha value is -1.88. The maximum absolute atomic E-state index is 10.8. The summed E-state index contributed by atoms with van der Waals surface area (Å²) in [5, 5.41) is 8.87. The van der Waals surface area contributed by atoms with Gasteiger partial charge in [0.15, 0.2) is 0 Å². The van der Waals surface area contributed by atoms with E-state index in [1.54, 1.807) is 24.8 Å². The van der Waals surface area contributed by atoms with Crippen LogP contribution in [0, 0.1) is 13.8 Å². The molecule has 4 nitrogen and oxygen atoms in total. The van der Waals surface area contributed by atoms with E-state index in [9.17, 15) is 4.79 Å². The van der Waals surface area contributed by atoms with E-state index >= 15 is 0 Å². The Bertz CT molecular complexity index is 619. The topological polar surface area (TPSA) is 76.5 Å². The fourth-order valence-electron chi connectivity index (χ4n) is 1.69. The van der Waals surface area contributed by atoms with Gasteiger partial charge < -0.3 is 15.3 Å². The van der Waals surface area contributed by atoms with Crippen LogP contribution in [0.25, 0.3) is 0 Å². The molecule has 0 radical (unpaired) electrons. The van der Waals surface area contributed by atoms with Crippen LogP contribution >= 0.6 is 11.8 Å². The molecule has 0 amide bonds. The van der Waals surface area contributed by atoms with Crippen molar-refractivity contribution >= 4 is 23.4 Å². The van der Waals surface area contributed by atoms with Crippen LogP contribution < -0.4 is 5.73 Å². The zero-order chi connectivity index (χ0) is 14.0. The third-order valence-corrected chi connectivity index (χ3v) is 3.90. The predicted molar refractivity (Wildman–Crippen MR) is 75.6 cm³/mol. The highest BCUT2D eigenvalue weighted by Gasteiger charge is 2.13. The molecule has 1 aromatic carbocycles. The summed E-state index contributed by atoms with van der Waals surface area (Å²) in [5.74, 6) is 0.201. The molecule has 19 heavy (non-hydrogen) atoms. The SMILES string of the molecule is Cc1ccc(N)c(SCc2cc(C(=O)O)oc2C)c1. The molecule has 2 aromatic rings. The molecule has 0 aliphatic carbocycles. The molecular weight excluding hydrogens is 262 g/mol. The van der Waals surface area contributed by atoms with E-state index in [1.165, 1.54) is 0 Å². The van der Waals surface area contributed by atoms with Crippen molar-refractivity contribution in [3.05, 3.63) is 46.9 Å². The number of nitrogens with two attached hydrogens (primary N) is 1. The van der Waals surface area contributed by atoms with Crippen molar-refractivity contribution in [1.29, 1.82) is 0 Å². The minimum Gasteiger partial charge on any atom is -0.475 e. The molecule has 1 aromatic heterocycles. The molecule has 0 saturated carbocycles. The molecule has 0 spiro atoms. The summed E-state index contributed by atoms with van der Waals surface area (Å²) in [4.78, 5) is 11.8. The van der Waals surface area contributed by atoms with Gasteiger partial charge in [0, 0.05) is 21.9 Å². The van der Waals surface area contributed by atoms with Gasteiger partial charge >= 0.3 is 5.97 Å². The molecule has 0 saturated heterocycles. The summed E-state index contributed by atoms with van der Waals surface area (Å²) in [7, 11) is 0. The number of aromatic carboxylic acids is 1. The number of hydrogen-bond acceptors (Lipinski definition) is 4. The fraction of sp³-hybridized carbons (Fsp3) is 0.214. The first-order chi connectivity index (χ1) is 8.97. The van der Waals surface area contributed by atoms with Crippen molar-refractivity contribution < 1.29 is 14.3 Å². The van der Waals surface area contributed by atoms with E-state index in [1.807, 2.05) is 25.1 Å². The Morgan fingerprint density at radius 2 is 2.11 bits per heavy atom. The first-order valence-electron chi connectivity index (χ1n) is 5.79. The summed E-state index contributed by atoms with van der Waals surface area (Å²) >= 11 is 1.58. The van der Waals surface area contributed by atoms with E-state index in [-0.39, 0.29) is 5.76 Å². The lowest BCUT2D eigenvalue weighted by Crippen LogP contribution is -1.92. The Morgan fingerprint density at radius 1 is 1.37 bits per heavy atom. The van der Waals surface area contributed by atoms with E-state index in [4.69, 9.17) is 15.3 Å². The maximum atomic E-state index is 10.8. The lowest BCUT2D eigenvalue weighted by Gasteiger charge is -2.05. The number of hydrogen-bond donors (Lipinski definition) is 2. The molecule has 0 aliphatic heterocycles. The number of carbonyl (C=O) groups is 1. The minimum absolute atomic E-state index is 0.0229. The standard InChI is InChI=1S/C14H15NO3S/c1-8-3-4-11(15)13(5-8)19-7-10-6-12(14(16)17)18-9(10)2/h3-6H,7,15H2,1-2H3,(H,16,17). The summed E-state index contributed by atoms with van der Waals surface area (Å²) in [5.41, 5.74) is 8.66. The van der Waals surface area contributed by atoms with Crippen LogP contribution in [0.5, 0.6) is 0 Å². The average molecular weight is 277 g/mol. The molecular formula is C14H15NO3S. The summed E-state index contributed by atoms with van der Waals surface area (Å²) < 4.78 is 5.17. The molecule has 100 valence electrons. The van der Waals surface area contributed by atoms with Crippen molar-refractivity contribution in [2.75, 3.05) is 5.73 Å². The third kappa shape index (κ3) is 3.12. The van der Waals surface area contributed by atoms with Gasteiger partial charge in [-0.3, -0.25) is 0 Å². The summed E-state index contributed by atoms with van der Waals surface area (Å²) in [6, 6.07) is 7.43. The van der Waals surface area contributed by atoms with Gasteiger partial charge in [0.05, 0.1) is 0 Å². The smallest absolute Gasteiger partial charge is 0.371 e. The van der Waals surface area contributed by atoms with Crippen molar-refractivity contribution in [3.63, 3.8) is 0 Å². The monoisotopic (exact) mass is 277 g/mol. The summed E-state index contributed by atoms with van der Waals surface area (Å²) in [6.45, 7) is 3.77. The second-order valence-corrected chi connectivity index (χ2v) is 5.34. The number of thioether (sulfide) groups is 1. The van der Waals surface area contributed by atoms with Crippen LogP contribution in [-0.4, -0.2) is 11.1 Å². The number of benzene rings is 1. The largest absolute Gasteiger partial charge is 0.475 e. The first kappa shape index (κ1) is 13.5. The normalized spacial score (nSPS) is 10.6. The van der Waals surface area contributed by atoms with Crippen LogP contribution in [-0.2, 0) is 5.75 Å². The van der Waals surface area contributed by atoms with Crippen molar-refractivity contribution in [1.82, 2.24) is 0 Å². The number of furan rings is 1. The van der Waals surface area contributed by atoms with Crippen molar-refractivity contribution in [3.8, 4) is 0 Å². The van der Waals surface area contributed by atoms with Crippen LogP contribution in [0.15, 0.2) is 33.6 Å². The number of aryl methyl sites for hydroxylation is 2. The Morgan fingerprint density at radius 3 is 2.74 bits per heavy atom. The molecule has 0 unspecified atom stereocenters. The molecule has 3 N–H and O–H groups in total. The number of carboxylic acids is 1. The third-order valence-electron chi connectivity index (χ3n) is 2.78. The Balaban J connectivity index is 2.14. The van der Waals surface area contributed by atoms with E-state index in [2.05, 4.69) is 0 Å². The molecule has 1 heterocycles. The quantitative estimate of drug-likeness (QED) is 0.661. The highest BCUT2D eigenvalue weighted by molar-refractivity contribution is 7.98. The fourth-order valence-corrected chi connectivity index (χ4v) is 2.79. The molecule has 5 heteroatoms. The number of rotatable bonds is 4. The van der Waals surface area contributed by atoms with Gasteiger partial charge in [-0.25, -0.2) is 4.79 Å². The van der Waals surface area contributed by atoms with Gasteiger partial charge in [0.1, 0.15) is 5.76 Å². The lowest BCUT2D eigenvalue weighted by molar-refractivity contribution is 0.0661. The van der Waals surface area contributed by atoms with Crippen LogP contribution in [0.2, 0.25) is 0 Å². The maximum Gasteiger partial charge on any atom is 0.371 e. The Kier molecular flexibility index (Phi) is 3.85. The van der Waals surface area contributed by atoms with Gasteiger partial charge in [-0.2, -0.15) is 0 Å². The second-order valence-electron chi connectivity index (χ2n) is 4.33. The summed E-state index contributed by atoms with van der Waals surface area (Å²) in [6.07, 6.45) is 0. The van der Waals surface area contributed by atoms with Crippen LogP contribution in [0.1, 0.15) is 27.4 Å².